The lowest BCUT2D eigenvalue weighted by atomic mass is 9.95. The molecule has 0 spiro atoms. The maximum absolute atomic E-state index is 12.7. The smallest absolute Gasteiger partial charge is 0.338 e. The number of amides is 2. The normalized spacial score (nSPS) is 19.6. The molecule has 2 aromatic carbocycles. The molecule has 4 rings (SSSR count). The zero-order valence-electron chi connectivity index (χ0n) is 17.3. The van der Waals surface area contributed by atoms with Crippen LogP contribution in [0.25, 0.3) is 0 Å². The summed E-state index contributed by atoms with van der Waals surface area (Å²) in [5, 5.41) is 6.41. The number of ether oxygens (including phenoxy) is 1. The molecule has 0 aromatic heterocycles. The second kappa shape index (κ2) is 9.41. The largest absolute Gasteiger partial charge is 0.466 e. The summed E-state index contributed by atoms with van der Waals surface area (Å²) < 4.78 is 5.05. The number of anilines is 1. The number of piperazine rings is 1. The van der Waals surface area contributed by atoms with Crippen molar-refractivity contribution in [2.45, 2.75) is 6.04 Å². The van der Waals surface area contributed by atoms with Gasteiger partial charge >= 0.3 is 12.0 Å². The van der Waals surface area contributed by atoms with Gasteiger partial charge in [-0.1, -0.05) is 48.0 Å². The summed E-state index contributed by atoms with van der Waals surface area (Å²) in [6.07, 6.45) is 0. The average molecular weight is 441 g/mol. The van der Waals surface area contributed by atoms with Crippen LogP contribution in [-0.2, 0) is 9.53 Å². The molecule has 0 bridgehead atoms. The first-order valence-electron chi connectivity index (χ1n) is 10.2. The zero-order chi connectivity index (χ0) is 21.8. The fraction of sp³-hybridized carbons (Fsp3) is 0.304. The number of carbonyl (C=O) groups is 2. The quantitative estimate of drug-likeness (QED) is 0.699. The zero-order valence-corrected chi connectivity index (χ0v) is 18.1. The molecule has 0 saturated carbocycles. The number of urea groups is 1. The van der Waals surface area contributed by atoms with E-state index in [-0.39, 0.29) is 6.03 Å². The Balaban J connectivity index is 1.53. The number of esters is 1. The fourth-order valence-electron chi connectivity index (χ4n) is 4.05. The number of halogens is 1. The predicted molar refractivity (Wildman–Crippen MR) is 120 cm³/mol. The number of nitrogens with one attached hydrogen (secondary N) is 2. The van der Waals surface area contributed by atoms with Gasteiger partial charge in [0, 0.05) is 49.1 Å². The Labute approximate surface area is 186 Å². The number of nitrogens with zero attached hydrogens (tertiary/aromatic N) is 2. The molecule has 162 valence electrons. The van der Waals surface area contributed by atoms with Crippen molar-refractivity contribution in [3.63, 3.8) is 0 Å². The van der Waals surface area contributed by atoms with E-state index in [0.29, 0.717) is 17.8 Å². The van der Waals surface area contributed by atoms with Crippen LogP contribution in [0.5, 0.6) is 0 Å². The van der Waals surface area contributed by atoms with Gasteiger partial charge in [-0.25, -0.2) is 9.59 Å². The molecule has 1 saturated heterocycles. The van der Waals surface area contributed by atoms with Crippen molar-refractivity contribution in [2.24, 2.45) is 0 Å². The molecule has 2 aromatic rings. The van der Waals surface area contributed by atoms with Crippen molar-refractivity contribution in [2.75, 3.05) is 44.7 Å². The Morgan fingerprint density at radius 2 is 1.84 bits per heavy atom. The number of hydrogen-bond donors (Lipinski definition) is 2. The standard InChI is InChI=1S/C23H25ClN4O3/c1-31-22(29)20-19(25-23(30)26-21(20)16-6-3-2-4-7-16)15-27-10-12-28(13-11-27)18-9-5-8-17(24)14-18/h2-9,14,21H,10-13,15H2,1H3,(H2,25,26,30). The van der Waals surface area contributed by atoms with Gasteiger partial charge in [0.1, 0.15) is 0 Å². The molecule has 1 unspecified atom stereocenters. The molecule has 2 aliphatic heterocycles. The first-order chi connectivity index (χ1) is 15.0. The summed E-state index contributed by atoms with van der Waals surface area (Å²) in [6, 6.07) is 16.4. The van der Waals surface area contributed by atoms with Gasteiger partial charge in [-0.2, -0.15) is 0 Å². The third kappa shape index (κ3) is 4.84. The van der Waals surface area contributed by atoms with Crippen LogP contribution in [0, 0.1) is 0 Å². The van der Waals surface area contributed by atoms with Gasteiger partial charge in [0.05, 0.1) is 18.7 Å². The highest BCUT2D eigenvalue weighted by atomic mass is 35.5. The first kappa shape index (κ1) is 21.2. The van der Waals surface area contributed by atoms with E-state index in [9.17, 15) is 9.59 Å². The van der Waals surface area contributed by atoms with Gasteiger partial charge < -0.3 is 20.3 Å². The lowest BCUT2D eigenvalue weighted by molar-refractivity contribution is -0.136. The molecule has 0 aliphatic carbocycles. The van der Waals surface area contributed by atoms with E-state index in [2.05, 4.69) is 26.5 Å². The van der Waals surface area contributed by atoms with Gasteiger partial charge in [-0.15, -0.1) is 0 Å². The van der Waals surface area contributed by atoms with Crippen LogP contribution in [0.2, 0.25) is 5.02 Å². The minimum Gasteiger partial charge on any atom is -0.466 e. The average Bonchev–Trinajstić information content (AvgIpc) is 2.79. The molecule has 31 heavy (non-hydrogen) atoms. The number of rotatable bonds is 5. The monoisotopic (exact) mass is 440 g/mol. The van der Waals surface area contributed by atoms with Crippen LogP contribution >= 0.6 is 11.6 Å². The maximum Gasteiger partial charge on any atom is 0.338 e. The lowest BCUT2D eigenvalue weighted by Crippen LogP contribution is -2.51. The SMILES string of the molecule is COC(=O)C1=C(CN2CCN(c3cccc(Cl)c3)CC2)NC(=O)NC1c1ccccc1. The van der Waals surface area contributed by atoms with E-state index in [0.717, 1.165) is 42.5 Å². The lowest BCUT2D eigenvalue weighted by Gasteiger charge is -2.38. The minimum atomic E-state index is -0.551. The summed E-state index contributed by atoms with van der Waals surface area (Å²) in [5.74, 6) is -0.450. The van der Waals surface area contributed by atoms with Crippen LogP contribution in [0.4, 0.5) is 10.5 Å². The summed E-state index contributed by atoms with van der Waals surface area (Å²) in [7, 11) is 1.36. The van der Waals surface area contributed by atoms with E-state index in [1.165, 1.54) is 7.11 Å². The van der Waals surface area contributed by atoms with Crippen molar-refractivity contribution in [3.8, 4) is 0 Å². The molecular weight excluding hydrogens is 416 g/mol. The molecular formula is C23H25ClN4O3. The van der Waals surface area contributed by atoms with E-state index in [1.54, 1.807) is 0 Å². The Morgan fingerprint density at radius 1 is 1.10 bits per heavy atom. The van der Waals surface area contributed by atoms with E-state index in [4.69, 9.17) is 16.3 Å². The second-order valence-electron chi connectivity index (χ2n) is 7.57. The molecule has 1 fully saturated rings. The topological polar surface area (TPSA) is 73.9 Å². The van der Waals surface area contributed by atoms with Gasteiger partial charge in [0.15, 0.2) is 0 Å². The Kier molecular flexibility index (Phi) is 6.44. The van der Waals surface area contributed by atoms with Crippen LogP contribution < -0.4 is 15.5 Å². The van der Waals surface area contributed by atoms with Crippen LogP contribution in [0.15, 0.2) is 65.9 Å². The van der Waals surface area contributed by atoms with Gasteiger partial charge in [0.2, 0.25) is 0 Å². The molecule has 2 N–H and O–H groups in total. The summed E-state index contributed by atoms with van der Waals surface area (Å²) in [5.41, 5.74) is 2.95. The van der Waals surface area contributed by atoms with Crippen molar-refractivity contribution in [1.29, 1.82) is 0 Å². The third-order valence-electron chi connectivity index (χ3n) is 5.62. The molecule has 2 amide bonds. The van der Waals surface area contributed by atoms with E-state index < -0.39 is 12.0 Å². The summed E-state index contributed by atoms with van der Waals surface area (Å²) in [4.78, 5) is 29.6. The number of carbonyl (C=O) groups excluding carboxylic acids is 2. The van der Waals surface area contributed by atoms with E-state index in [1.807, 2.05) is 48.5 Å². The maximum atomic E-state index is 12.7. The Hall–Kier alpha value is -3.03. The van der Waals surface area contributed by atoms with Crippen LogP contribution in [0.3, 0.4) is 0 Å². The van der Waals surface area contributed by atoms with Gasteiger partial charge in [0.25, 0.3) is 0 Å². The number of hydrogen-bond acceptors (Lipinski definition) is 5. The van der Waals surface area contributed by atoms with Crippen molar-refractivity contribution < 1.29 is 14.3 Å². The minimum absolute atomic E-state index is 0.325. The van der Waals surface area contributed by atoms with Gasteiger partial charge in [-0.05, 0) is 23.8 Å². The van der Waals surface area contributed by atoms with Crippen molar-refractivity contribution in [1.82, 2.24) is 15.5 Å². The number of benzene rings is 2. The van der Waals surface area contributed by atoms with Crippen molar-refractivity contribution >= 4 is 29.3 Å². The molecule has 2 aliphatic rings. The van der Waals surface area contributed by atoms with Crippen LogP contribution in [-0.4, -0.2) is 56.7 Å². The summed E-state index contributed by atoms with van der Waals surface area (Å²) >= 11 is 6.13. The molecule has 8 heteroatoms. The van der Waals surface area contributed by atoms with E-state index >= 15 is 0 Å². The van der Waals surface area contributed by atoms with Crippen LogP contribution in [0.1, 0.15) is 11.6 Å². The Bertz CT molecular complexity index is 987. The highest BCUT2D eigenvalue weighted by Crippen LogP contribution is 2.28. The molecule has 0 radical (unpaired) electrons. The highest BCUT2D eigenvalue weighted by molar-refractivity contribution is 6.30. The van der Waals surface area contributed by atoms with Crippen molar-refractivity contribution in [3.05, 3.63) is 76.5 Å². The second-order valence-corrected chi connectivity index (χ2v) is 8.01. The fourth-order valence-corrected chi connectivity index (χ4v) is 4.23. The summed E-state index contributed by atoms with van der Waals surface area (Å²) in [6.45, 7) is 3.71. The molecule has 2 heterocycles. The third-order valence-corrected chi connectivity index (χ3v) is 5.85. The molecule has 1 atom stereocenters. The molecule has 7 nitrogen and oxygen atoms in total. The first-order valence-corrected chi connectivity index (χ1v) is 10.6. The highest BCUT2D eigenvalue weighted by Gasteiger charge is 2.34. The van der Waals surface area contributed by atoms with Gasteiger partial charge in [-0.3, -0.25) is 4.90 Å². The number of methoxy groups -OCH3 is 1. The predicted octanol–water partition coefficient (Wildman–Crippen LogP) is 2.94. The Morgan fingerprint density at radius 3 is 2.52 bits per heavy atom.